The second-order valence-corrected chi connectivity index (χ2v) is 16.4. The zero-order chi connectivity index (χ0) is 47.9. The molecule has 0 saturated heterocycles. The van der Waals surface area contributed by atoms with Crippen LogP contribution in [0, 0.1) is 5.92 Å². The molecule has 0 unspecified atom stereocenters. The summed E-state index contributed by atoms with van der Waals surface area (Å²) in [5, 5.41) is 33.6. The van der Waals surface area contributed by atoms with E-state index in [2.05, 4.69) is 31.9 Å². The number of likely N-dealkylation sites (N-methyl/N-ethyl adjacent to an activating group) is 1. The molecule has 64 heavy (non-hydrogen) atoms. The first-order valence-electron chi connectivity index (χ1n) is 20.5. The maximum atomic E-state index is 14.5. The number of carboxylic acids is 2. The molecule has 0 aliphatic heterocycles. The van der Waals surface area contributed by atoms with Gasteiger partial charge in [-0.1, -0.05) is 74.5 Å². The van der Waals surface area contributed by atoms with Crippen LogP contribution in [0.25, 0.3) is 0 Å². The van der Waals surface area contributed by atoms with Gasteiger partial charge in [0, 0.05) is 33.2 Å². The number of carbonyl (C=O) groups excluding carboxylic acids is 8. The highest BCUT2D eigenvalue weighted by Crippen LogP contribution is 2.14. The molecule has 0 aliphatic rings. The van der Waals surface area contributed by atoms with Gasteiger partial charge in [-0.3, -0.25) is 47.9 Å². The number of nitrogens with zero attached hydrogens (tertiary/aromatic N) is 1. The average Bonchev–Trinajstić information content (AvgIpc) is 3.23. The van der Waals surface area contributed by atoms with E-state index in [9.17, 15) is 58.2 Å². The Kier molecular flexibility index (Phi) is 23.1. The Morgan fingerprint density at radius 1 is 0.656 bits per heavy atom. The molecular weight excluding hydrogens is 853 g/mol. The van der Waals surface area contributed by atoms with Gasteiger partial charge < -0.3 is 52.7 Å². The monoisotopic (exact) mass is 912 g/mol. The lowest BCUT2D eigenvalue weighted by Gasteiger charge is -2.32. The van der Waals surface area contributed by atoms with Crippen molar-refractivity contribution in [3.8, 4) is 0 Å². The van der Waals surface area contributed by atoms with Gasteiger partial charge in [0.2, 0.25) is 47.3 Å². The van der Waals surface area contributed by atoms with Crippen LogP contribution >= 0.6 is 11.8 Å². The van der Waals surface area contributed by atoms with E-state index in [1.807, 2.05) is 20.1 Å². The third kappa shape index (κ3) is 19.7. The van der Waals surface area contributed by atoms with Crippen molar-refractivity contribution in [1.82, 2.24) is 36.8 Å². The van der Waals surface area contributed by atoms with Crippen molar-refractivity contribution in [3.05, 3.63) is 71.8 Å². The fourth-order valence-electron chi connectivity index (χ4n) is 6.43. The van der Waals surface area contributed by atoms with Gasteiger partial charge in [0.25, 0.3) is 0 Å². The zero-order valence-corrected chi connectivity index (χ0v) is 37.4. The molecule has 6 atom stereocenters. The highest BCUT2D eigenvalue weighted by Gasteiger charge is 2.36. The number of primary amides is 1. The molecule has 350 valence electrons. The number of hydrogen-bond acceptors (Lipinski definition) is 11. The van der Waals surface area contributed by atoms with Gasteiger partial charge >= 0.3 is 11.9 Å². The molecule has 0 aliphatic carbocycles. The Balaban J connectivity index is 2.43. The summed E-state index contributed by atoms with van der Waals surface area (Å²) in [6, 6.07) is 9.09. The van der Waals surface area contributed by atoms with Crippen molar-refractivity contribution < 1.29 is 58.2 Å². The largest absolute Gasteiger partial charge is 0.481 e. The van der Waals surface area contributed by atoms with Gasteiger partial charge in [0.15, 0.2) is 0 Å². The molecule has 0 radical (unpaired) electrons. The van der Waals surface area contributed by atoms with Crippen LogP contribution in [-0.2, 0) is 60.8 Å². The molecule has 0 fully saturated rings. The summed E-state index contributed by atoms with van der Waals surface area (Å²) in [6.07, 6.45) is 0.149. The first kappa shape index (κ1) is 53.6. The summed E-state index contributed by atoms with van der Waals surface area (Å²) in [5.41, 5.74) is 6.69. The van der Waals surface area contributed by atoms with Crippen LogP contribution in [0.3, 0.4) is 0 Å². The predicted octanol–water partition coefficient (Wildman–Crippen LogP) is -0.517. The van der Waals surface area contributed by atoms with E-state index >= 15 is 0 Å². The number of rotatable bonds is 28. The maximum Gasteiger partial charge on any atom is 0.305 e. The van der Waals surface area contributed by atoms with Gasteiger partial charge in [-0.05, 0) is 48.3 Å². The van der Waals surface area contributed by atoms with Gasteiger partial charge in [0.1, 0.15) is 36.3 Å². The Hall–Kier alpha value is -6.51. The molecule has 10 N–H and O–H groups in total. The van der Waals surface area contributed by atoms with Crippen molar-refractivity contribution in [1.29, 1.82) is 0 Å². The maximum absolute atomic E-state index is 14.5. The van der Waals surface area contributed by atoms with E-state index in [1.165, 1.54) is 18.8 Å². The lowest BCUT2D eigenvalue weighted by molar-refractivity contribution is -0.143. The third-order valence-electron chi connectivity index (χ3n) is 9.69. The van der Waals surface area contributed by atoms with Crippen LogP contribution in [-0.4, -0.2) is 136 Å². The molecule has 20 nitrogen and oxygen atoms in total. The molecule has 2 rings (SSSR count). The van der Waals surface area contributed by atoms with Gasteiger partial charge in [-0.2, -0.15) is 11.8 Å². The second kappa shape index (κ2) is 27.5. The number of carboxylic acid groups (broad SMARTS) is 2. The molecule has 2 aromatic rings. The molecule has 8 amide bonds. The van der Waals surface area contributed by atoms with Crippen molar-refractivity contribution >= 4 is 71.0 Å². The zero-order valence-electron chi connectivity index (χ0n) is 36.6. The molecular formula is C43H60N8O12S. The minimum absolute atomic E-state index is 0.0587. The smallest absolute Gasteiger partial charge is 0.305 e. The minimum Gasteiger partial charge on any atom is -0.481 e. The number of nitrogens with two attached hydrogens (primary N) is 1. The highest BCUT2D eigenvalue weighted by atomic mass is 32.2. The molecule has 21 heteroatoms. The number of amides is 8. The van der Waals surface area contributed by atoms with Crippen molar-refractivity contribution in [2.75, 3.05) is 25.6 Å². The van der Waals surface area contributed by atoms with Gasteiger partial charge in [0.05, 0.1) is 13.0 Å². The number of benzene rings is 2. The van der Waals surface area contributed by atoms with E-state index in [-0.39, 0.29) is 31.6 Å². The average molecular weight is 913 g/mol. The predicted molar refractivity (Wildman–Crippen MR) is 236 cm³/mol. The minimum atomic E-state index is -1.62. The molecule has 0 saturated carbocycles. The molecule has 2 aromatic carbocycles. The lowest BCUT2D eigenvalue weighted by Crippen LogP contribution is -2.59. The van der Waals surface area contributed by atoms with Crippen LogP contribution in [0.5, 0.6) is 0 Å². The summed E-state index contributed by atoms with van der Waals surface area (Å²) in [6.45, 7) is 4.10. The molecule has 0 heterocycles. The summed E-state index contributed by atoms with van der Waals surface area (Å²) in [5.74, 6) is -8.80. The lowest BCUT2D eigenvalue weighted by atomic mass is 10.00. The summed E-state index contributed by atoms with van der Waals surface area (Å²) in [7, 11) is 1.32. The van der Waals surface area contributed by atoms with E-state index in [4.69, 9.17) is 5.73 Å². The third-order valence-corrected chi connectivity index (χ3v) is 10.3. The standard InChI is InChI=1S/C43H60N8O12S/c1-25(2)20-31(40(60)48-29(38(44)58)18-19-64-5)47-35(53)24-45-42(62)34(22-28-14-10-7-11-15-28)51(4)43(63)33(21-27-12-8-6-9-13-27)50-39(59)30(16-17-36(54)55)49-41(61)32(23-37(56)57)46-26(3)52/h6-15,25,29-34H,16-24H2,1-5H3,(H2,44,58)(H,45,62)(H,46,52)(H,47,53)(H,48,60)(H,49,61)(H,50,59)(H,54,55)(H,56,57)/t29-,30-,31-,32-,33-,34-/m0/s1. The van der Waals surface area contributed by atoms with Crippen molar-refractivity contribution in [2.45, 2.75) is 102 Å². The highest BCUT2D eigenvalue weighted by molar-refractivity contribution is 7.98. The Labute approximate surface area is 376 Å². The van der Waals surface area contributed by atoms with Crippen molar-refractivity contribution in [3.63, 3.8) is 0 Å². The fourth-order valence-corrected chi connectivity index (χ4v) is 6.90. The number of carbonyl (C=O) groups is 10. The van der Waals surface area contributed by atoms with Crippen LogP contribution in [0.15, 0.2) is 60.7 Å². The molecule has 0 spiro atoms. The normalized spacial score (nSPS) is 13.7. The van der Waals surface area contributed by atoms with Crippen molar-refractivity contribution in [2.24, 2.45) is 11.7 Å². The van der Waals surface area contributed by atoms with Crippen LogP contribution in [0.1, 0.15) is 64.0 Å². The summed E-state index contributed by atoms with van der Waals surface area (Å²) >= 11 is 1.46. The first-order valence-corrected chi connectivity index (χ1v) is 21.9. The topological polar surface area (TPSA) is 313 Å². The number of aliphatic carboxylic acids is 2. The molecule has 0 aromatic heterocycles. The van der Waals surface area contributed by atoms with Gasteiger partial charge in [-0.25, -0.2) is 0 Å². The Morgan fingerprint density at radius 2 is 1.19 bits per heavy atom. The van der Waals surface area contributed by atoms with Gasteiger partial charge in [-0.15, -0.1) is 0 Å². The number of nitrogens with one attached hydrogen (secondary N) is 6. The van der Waals surface area contributed by atoms with Crippen LogP contribution in [0.2, 0.25) is 0 Å². The fraction of sp³-hybridized carbons (Fsp3) is 0.488. The van der Waals surface area contributed by atoms with E-state index in [0.717, 1.165) is 11.8 Å². The summed E-state index contributed by atoms with van der Waals surface area (Å²) < 4.78 is 0. The van der Waals surface area contributed by atoms with Crippen LogP contribution < -0.4 is 37.6 Å². The van der Waals surface area contributed by atoms with E-state index < -0.39 is 121 Å². The van der Waals surface area contributed by atoms with E-state index in [1.54, 1.807) is 60.7 Å². The number of hydrogen-bond donors (Lipinski definition) is 9. The Morgan fingerprint density at radius 3 is 1.70 bits per heavy atom. The number of thioether (sulfide) groups is 1. The summed E-state index contributed by atoms with van der Waals surface area (Å²) in [4.78, 5) is 130. The molecule has 0 bridgehead atoms. The quantitative estimate of drug-likeness (QED) is 0.0520. The second-order valence-electron chi connectivity index (χ2n) is 15.5. The van der Waals surface area contributed by atoms with Crippen LogP contribution in [0.4, 0.5) is 0 Å². The first-order chi connectivity index (χ1) is 30.2. The van der Waals surface area contributed by atoms with E-state index in [0.29, 0.717) is 16.9 Å². The SMILES string of the molecule is CSCC[C@H](NC(=O)[C@H](CC(C)C)NC(=O)CNC(=O)[C@H](Cc1ccccc1)N(C)C(=O)[C@H](Cc1ccccc1)NC(=O)[C@H](CCC(=O)O)NC(=O)[C@H](CC(=O)O)NC(C)=O)C(N)=O. The Bertz CT molecular complexity index is 1920.